The number of non-ortho nitro benzene ring substituents is 1. The van der Waals surface area contributed by atoms with Crippen molar-refractivity contribution in [3.05, 3.63) is 115 Å². The first kappa shape index (κ1) is 25.9. The van der Waals surface area contributed by atoms with E-state index in [-0.39, 0.29) is 46.7 Å². The largest absolute Gasteiger partial charge is 0.479 e. The van der Waals surface area contributed by atoms with Gasteiger partial charge < -0.3 is 19.2 Å². The molecular weight excluding hydrogens is 494 g/mol. The Bertz CT molecular complexity index is 1540. The topological polar surface area (TPSA) is 147 Å². The molecule has 1 N–H and O–H groups in total. The number of nitrogens with one attached hydrogen (secondary N) is 1. The molecule has 0 bridgehead atoms. The van der Waals surface area contributed by atoms with Crippen molar-refractivity contribution in [2.45, 2.75) is 27.4 Å². The predicted molar refractivity (Wildman–Crippen MR) is 138 cm³/mol. The van der Waals surface area contributed by atoms with Crippen LogP contribution in [-0.4, -0.2) is 15.8 Å². The van der Waals surface area contributed by atoms with Crippen LogP contribution >= 0.6 is 0 Å². The quantitative estimate of drug-likeness (QED) is 0.192. The number of carbonyl (C=O) groups is 1. The van der Waals surface area contributed by atoms with Crippen molar-refractivity contribution in [1.82, 2.24) is 0 Å². The molecule has 3 aromatic carbocycles. The zero-order chi connectivity index (χ0) is 27.4. The fourth-order valence-corrected chi connectivity index (χ4v) is 3.58. The molecule has 38 heavy (non-hydrogen) atoms. The van der Waals surface area contributed by atoms with Gasteiger partial charge in [-0.1, -0.05) is 18.2 Å². The van der Waals surface area contributed by atoms with E-state index in [1.54, 1.807) is 13.0 Å². The van der Waals surface area contributed by atoms with Crippen LogP contribution < -0.4 is 14.8 Å². The molecular formula is C27H23N3O8. The van der Waals surface area contributed by atoms with Crippen LogP contribution in [0.1, 0.15) is 33.0 Å². The second kappa shape index (κ2) is 10.8. The van der Waals surface area contributed by atoms with Crippen molar-refractivity contribution >= 4 is 23.0 Å². The van der Waals surface area contributed by atoms with Gasteiger partial charge in [0.05, 0.1) is 21.6 Å². The number of rotatable bonds is 9. The summed E-state index contributed by atoms with van der Waals surface area (Å²) in [6, 6.07) is 17.0. The number of anilines is 1. The van der Waals surface area contributed by atoms with E-state index >= 15 is 0 Å². The average Bonchev–Trinajstić information content (AvgIpc) is 3.34. The van der Waals surface area contributed by atoms with Crippen LogP contribution in [0.3, 0.4) is 0 Å². The van der Waals surface area contributed by atoms with Gasteiger partial charge in [0.2, 0.25) is 0 Å². The average molecular weight is 517 g/mol. The molecule has 0 fully saturated rings. The molecule has 0 atom stereocenters. The fourth-order valence-electron chi connectivity index (χ4n) is 3.58. The first-order chi connectivity index (χ1) is 18.1. The van der Waals surface area contributed by atoms with E-state index in [1.807, 2.05) is 32.0 Å². The van der Waals surface area contributed by atoms with E-state index in [0.717, 1.165) is 11.1 Å². The zero-order valence-electron chi connectivity index (χ0n) is 20.7. The van der Waals surface area contributed by atoms with E-state index in [1.165, 1.54) is 42.5 Å². The van der Waals surface area contributed by atoms with Crippen molar-refractivity contribution in [3.63, 3.8) is 0 Å². The highest BCUT2D eigenvalue weighted by molar-refractivity contribution is 6.02. The predicted octanol–water partition coefficient (Wildman–Crippen LogP) is 6.64. The lowest BCUT2D eigenvalue weighted by Gasteiger charge is -2.11. The van der Waals surface area contributed by atoms with Crippen molar-refractivity contribution in [2.75, 3.05) is 5.32 Å². The molecule has 0 radical (unpaired) electrons. The molecule has 0 saturated heterocycles. The molecule has 1 heterocycles. The van der Waals surface area contributed by atoms with Gasteiger partial charge in [-0.2, -0.15) is 0 Å². The van der Waals surface area contributed by atoms with Crippen LogP contribution in [0, 0.1) is 41.0 Å². The molecule has 194 valence electrons. The highest BCUT2D eigenvalue weighted by atomic mass is 16.6. The van der Waals surface area contributed by atoms with Gasteiger partial charge in [0.1, 0.15) is 23.9 Å². The molecule has 0 saturated carbocycles. The summed E-state index contributed by atoms with van der Waals surface area (Å²) in [6.45, 7) is 5.33. The van der Waals surface area contributed by atoms with Gasteiger partial charge in [0.25, 0.3) is 11.6 Å². The Kier molecular flexibility index (Phi) is 7.38. The van der Waals surface area contributed by atoms with Gasteiger partial charge in [-0.25, -0.2) is 0 Å². The second-order valence-electron chi connectivity index (χ2n) is 8.58. The van der Waals surface area contributed by atoms with Crippen LogP contribution in [0.5, 0.6) is 17.2 Å². The second-order valence-corrected chi connectivity index (χ2v) is 8.58. The van der Waals surface area contributed by atoms with Gasteiger partial charge in [-0.3, -0.25) is 25.0 Å². The normalized spacial score (nSPS) is 10.6. The summed E-state index contributed by atoms with van der Waals surface area (Å²) in [5, 5.41) is 25.3. The van der Waals surface area contributed by atoms with E-state index < -0.39 is 15.8 Å². The number of ether oxygens (including phenoxy) is 2. The third-order valence-electron chi connectivity index (χ3n) is 5.50. The molecule has 0 unspecified atom stereocenters. The standard InChI is InChI=1S/C27H23N3O8/c1-16-5-8-24(23(10-16)30(34)35)36-15-21-7-9-25(37-21)27(31)28-19-12-20(29(32)33)14-22(13-19)38-26-11-17(2)4-6-18(26)3/h4-14H,15H2,1-3H3,(H,28,31). The number of furan rings is 1. The van der Waals surface area contributed by atoms with Gasteiger partial charge in [0, 0.05) is 18.2 Å². The Morgan fingerprint density at radius 3 is 2.34 bits per heavy atom. The molecule has 0 aliphatic heterocycles. The van der Waals surface area contributed by atoms with Crippen molar-refractivity contribution < 1.29 is 28.5 Å². The first-order valence-electron chi connectivity index (χ1n) is 11.4. The first-order valence-corrected chi connectivity index (χ1v) is 11.4. The Hall–Kier alpha value is -5.19. The summed E-state index contributed by atoms with van der Waals surface area (Å²) in [4.78, 5) is 34.4. The van der Waals surface area contributed by atoms with Crippen LogP contribution in [0.2, 0.25) is 0 Å². The van der Waals surface area contributed by atoms with Crippen LogP contribution in [-0.2, 0) is 6.61 Å². The molecule has 0 aliphatic rings. The molecule has 11 nitrogen and oxygen atoms in total. The van der Waals surface area contributed by atoms with Gasteiger partial charge in [0.15, 0.2) is 11.5 Å². The van der Waals surface area contributed by atoms with Crippen LogP contribution in [0.25, 0.3) is 0 Å². The molecule has 4 rings (SSSR count). The molecule has 4 aromatic rings. The van der Waals surface area contributed by atoms with Crippen LogP contribution in [0.4, 0.5) is 17.1 Å². The lowest BCUT2D eigenvalue weighted by molar-refractivity contribution is -0.386. The number of nitro benzene ring substituents is 2. The summed E-state index contributed by atoms with van der Waals surface area (Å²) in [5.41, 5.74) is 2.20. The number of benzene rings is 3. The van der Waals surface area contributed by atoms with E-state index in [2.05, 4.69) is 5.32 Å². The number of nitro groups is 2. The Balaban J connectivity index is 1.49. The van der Waals surface area contributed by atoms with E-state index in [9.17, 15) is 25.0 Å². The van der Waals surface area contributed by atoms with Crippen molar-refractivity contribution in [2.24, 2.45) is 0 Å². The summed E-state index contributed by atoms with van der Waals surface area (Å²) >= 11 is 0. The summed E-state index contributed by atoms with van der Waals surface area (Å²) in [7, 11) is 0. The molecule has 0 spiro atoms. The lowest BCUT2D eigenvalue weighted by atomic mass is 10.1. The summed E-state index contributed by atoms with van der Waals surface area (Å²) in [5.74, 6) is 0.295. The Labute approximate surface area is 216 Å². The van der Waals surface area contributed by atoms with Crippen molar-refractivity contribution in [1.29, 1.82) is 0 Å². The SMILES string of the molecule is Cc1ccc(C)c(Oc2cc(NC(=O)c3ccc(COc4ccc(C)cc4[N+](=O)[O-])o3)cc([N+](=O)[O-])c2)c1. The van der Waals surface area contributed by atoms with Gasteiger partial charge in [-0.15, -0.1) is 0 Å². The minimum Gasteiger partial charge on any atom is -0.479 e. The van der Waals surface area contributed by atoms with Crippen molar-refractivity contribution in [3.8, 4) is 17.2 Å². The molecule has 11 heteroatoms. The lowest BCUT2D eigenvalue weighted by Crippen LogP contribution is -2.11. The summed E-state index contributed by atoms with van der Waals surface area (Å²) in [6.07, 6.45) is 0. The maximum atomic E-state index is 12.8. The van der Waals surface area contributed by atoms with Crippen LogP contribution in [0.15, 0.2) is 71.1 Å². The van der Waals surface area contributed by atoms with Gasteiger partial charge >= 0.3 is 5.69 Å². The molecule has 1 aromatic heterocycles. The number of carbonyl (C=O) groups excluding carboxylic acids is 1. The molecule has 1 amide bonds. The summed E-state index contributed by atoms with van der Waals surface area (Å²) < 4.78 is 16.9. The monoisotopic (exact) mass is 517 g/mol. The third-order valence-corrected chi connectivity index (χ3v) is 5.50. The number of hydrogen-bond donors (Lipinski definition) is 1. The Morgan fingerprint density at radius 2 is 1.61 bits per heavy atom. The maximum absolute atomic E-state index is 12.8. The number of amides is 1. The number of hydrogen-bond acceptors (Lipinski definition) is 8. The smallest absolute Gasteiger partial charge is 0.311 e. The van der Waals surface area contributed by atoms with E-state index in [4.69, 9.17) is 13.9 Å². The maximum Gasteiger partial charge on any atom is 0.311 e. The Morgan fingerprint density at radius 1 is 0.868 bits per heavy atom. The highest BCUT2D eigenvalue weighted by Crippen LogP contribution is 2.32. The van der Waals surface area contributed by atoms with Gasteiger partial charge in [-0.05, 0) is 61.7 Å². The minimum absolute atomic E-state index is 0.0657. The highest BCUT2D eigenvalue weighted by Gasteiger charge is 2.19. The number of aryl methyl sites for hydroxylation is 3. The number of nitrogens with zero attached hydrogens (tertiary/aromatic N) is 2. The minimum atomic E-state index is -0.657. The zero-order valence-corrected chi connectivity index (χ0v) is 20.7. The fraction of sp³-hybridized carbons (Fsp3) is 0.148. The third kappa shape index (κ3) is 6.13. The molecule has 0 aliphatic carbocycles. The van der Waals surface area contributed by atoms with E-state index in [0.29, 0.717) is 11.3 Å².